The third kappa shape index (κ3) is 3.33. The van der Waals surface area contributed by atoms with Gasteiger partial charge in [-0.05, 0) is 43.2 Å². The van der Waals surface area contributed by atoms with Crippen molar-refractivity contribution in [2.75, 3.05) is 5.32 Å². The summed E-state index contributed by atoms with van der Waals surface area (Å²) in [7, 11) is 0. The minimum absolute atomic E-state index is 0.0792. The van der Waals surface area contributed by atoms with Gasteiger partial charge in [0.1, 0.15) is 17.7 Å². The van der Waals surface area contributed by atoms with Crippen LogP contribution in [0.25, 0.3) is 0 Å². The van der Waals surface area contributed by atoms with Gasteiger partial charge in [0.05, 0.1) is 11.3 Å². The average Bonchev–Trinajstić information content (AvgIpc) is 2.43. The van der Waals surface area contributed by atoms with Gasteiger partial charge in [-0.2, -0.15) is 5.26 Å². The summed E-state index contributed by atoms with van der Waals surface area (Å²) in [5.74, 6) is -0.699. The summed E-state index contributed by atoms with van der Waals surface area (Å²) >= 11 is 0. The molecule has 0 saturated carbocycles. The smallest absolute Gasteiger partial charge is 0.126 e. The average molecular weight is 272 g/mol. The molecule has 1 N–H and O–H groups in total. The number of halogens is 2. The number of hydrogen-bond acceptors (Lipinski definition) is 2. The van der Waals surface area contributed by atoms with Gasteiger partial charge < -0.3 is 5.32 Å². The van der Waals surface area contributed by atoms with Gasteiger partial charge in [0, 0.05) is 6.04 Å². The van der Waals surface area contributed by atoms with Crippen LogP contribution in [0, 0.1) is 23.0 Å². The summed E-state index contributed by atoms with van der Waals surface area (Å²) in [5, 5.41) is 12.1. The van der Waals surface area contributed by atoms with E-state index in [4.69, 9.17) is 5.26 Å². The summed E-state index contributed by atoms with van der Waals surface area (Å²) in [4.78, 5) is 0. The minimum atomic E-state index is -0.450. The van der Waals surface area contributed by atoms with Crippen LogP contribution in [0.2, 0.25) is 0 Å². The van der Waals surface area contributed by atoms with Crippen LogP contribution in [0.4, 0.5) is 14.5 Å². The van der Waals surface area contributed by atoms with E-state index in [9.17, 15) is 8.78 Å². The van der Waals surface area contributed by atoms with E-state index >= 15 is 0 Å². The monoisotopic (exact) mass is 272 g/mol. The topological polar surface area (TPSA) is 35.8 Å². The number of anilines is 1. The van der Waals surface area contributed by atoms with Crippen molar-refractivity contribution in [3.05, 3.63) is 65.2 Å². The predicted octanol–water partition coefficient (Wildman–Crippen LogP) is 3.88. The highest BCUT2D eigenvalue weighted by Gasteiger charge is 2.10. The fraction of sp³-hybridized carbons (Fsp3) is 0.188. The van der Waals surface area contributed by atoms with Crippen LogP contribution in [-0.2, 0) is 6.42 Å². The van der Waals surface area contributed by atoms with Crippen molar-refractivity contribution in [1.29, 1.82) is 5.26 Å². The Kier molecular flexibility index (Phi) is 4.31. The summed E-state index contributed by atoms with van der Waals surface area (Å²) in [6.45, 7) is 1.89. The second kappa shape index (κ2) is 6.16. The largest absolute Gasteiger partial charge is 0.381 e. The SMILES string of the molecule is CC(Cc1ccccc1F)Nc1ccc(F)cc1C#N. The molecule has 2 aromatic carbocycles. The van der Waals surface area contributed by atoms with Crippen LogP contribution in [0.5, 0.6) is 0 Å². The molecule has 0 amide bonds. The maximum atomic E-state index is 13.6. The lowest BCUT2D eigenvalue weighted by Crippen LogP contribution is -2.19. The molecular weight excluding hydrogens is 258 g/mol. The molecule has 0 spiro atoms. The molecule has 0 aliphatic heterocycles. The Morgan fingerprint density at radius 2 is 1.95 bits per heavy atom. The zero-order chi connectivity index (χ0) is 14.5. The first kappa shape index (κ1) is 14.0. The standard InChI is InChI=1S/C16H14F2N2/c1-11(8-12-4-2-3-5-15(12)18)20-16-7-6-14(17)9-13(16)10-19/h2-7,9,11,20H,8H2,1H3. The zero-order valence-electron chi connectivity index (χ0n) is 11.0. The molecule has 0 radical (unpaired) electrons. The fourth-order valence-electron chi connectivity index (χ4n) is 2.05. The first-order valence-electron chi connectivity index (χ1n) is 6.29. The lowest BCUT2D eigenvalue weighted by Gasteiger charge is -2.16. The number of benzene rings is 2. The molecule has 0 saturated heterocycles. The summed E-state index contributed by atoms with van der Waals surface area (Å²) in [6.07, 6.45) is 0.481. The molecular formula is C16H14F2N2. The molecule has 0 heterocycles. The molecule has 2 aromatic rings. The molecule has 0 aliphatic carbocycles. The van der Waals surface area contributed by atoms with Gasteiger partial charge in [-0.25, -0.2) is 8.78 Å². The third-order valence-corrected chi connectivity index (χ3v) is 2.99. The quantitative estimate of drug-likeness (QED) is 0.916. The third-order valence-electron chi connectivity index (χ3n) is 2.99. The van der Waals surface area contributed by atoms with Crippen LogP contribution in [0.1, 0.15) is 18.1 Å². The molecule has 0 bridgehead atoms. The van der Waals surface area contributed by atoms with E-state index in [1.165, 1.54) is 24.3 Å². The molecule has 2 nitrogen and oxygen atoms in total. The second-order valence-corrected chi connectivity index (χ2v) is 4.64. The van der Waals surface area contributed by atoms with Crippen molar-refractivity contribution in [3.63, 3.8) is 0 Å². The summed E-state index contributed by atoms with van der Waals surface area (Å²) < 4.78 is 26.6. The van der Waals surface area contributed by atoms with E-state index in [1.54, 1.807) is 18.2 Å². The van der Waals surface area contributed by atoms with Crippen molar-refractivity contribution < 1.29 is 8.78 Å². The minimum Gasteiger partial charge on any atom is -0.381 e. The Labute approximate surface area is 116 Å². The van der Waals surface area contributed by atoms with E-state index in [0.717, 1.165) is 0 Å². The molecule has 20 heavy (non-hydrogen) atoms. The predicted molar refractivity (Wildman–Crippen MR) is 74.3 cm³/mol. The van der Waals surface area contributed by atoms with Crippen molar-refractivity contribution in [3.8, 4) is 6.07 Å². The Hall–Kier alpha value is -2.41. The fourth-order valence-corrected chi connectivity index (χ4v) is 2.05. The molecule has 0 aromatic heterocycles. The Bertz CT molecular complexity index is 647. The first-order valence-corrected chi connectivity index (χ1v) is 6.29. The molecule has 0 aliphatic rings. The van der Waals surface area contributed by atoms with Crippen molar-refractivity contribution in [2.45, 2.75) is 19.4 Å². The molecule has 1 unspecified atom stereocenters. The highest BCUT2D eigenvalue weighted by molar-refractivity contribution is 5.57. The van der Waals surface area contributed by atoms with Gasteiger partial charge in [-0.3, -0.25) is 0 Å². The molecule has 102 valence electrons. The Morgan fingerprint density at radius 3 is 2.65 bits per heavy atom. The number of rotatable bonds is 4. The van der Waals surface area contributed by atoms with Gasteiger partial charge in [-0.1, -0.05) is 18.2 Å². The van der Waals surface area contributed by atoms with Gasteiger partial charge in [0.25, 0.3) is 0 Å². The molecule has 1 atom stereocenters. The summed E-state index contributed by atoms with van der Waals surface area (Å²) in [5.41, 5.74) is 1.40. The second-order valence-electron chi connectivity index (χ2n) is 4.64. The van der Waals surface area contributed by atoms with Gasteiger partial charge >= 0.3 is 0 Å². The lowest BCUT2D eigenvalue weighted by molar-refractivity contribution is 0.601. The van der Waals surface area contributed by atoms with Crippen LogP contribution in [0.3, 0.4) is 0 Å². The Morgan fingerprint density at radius 1 is 1.20 bits per heavy atom. The van der Waals surface area contributed by atoms with Crippen LogP contribution in [0.15, 0.2) is 42.5 Å². The summed E-state index contributed by atoms with van der Waals surface area (Å²) in [6, 6.07) is 12.4. The maximum absolute atomic E-state index is 13.6. The van der Waals surface area contributed by atoms with E-state index < -0.39 is 5.82 Å². The number of nitrogens with one attached hydrogen (secondary N) is 1. The van der Waals surface area contributed by atoms with E-state index in [2.05, 4.69) is 5.32 Å². The van der Waals surface area contributed by atoms with Crippen molar-refractivity contribution in [2.24, 2.45) is 0 Å². The van der Waals surface area contributed by atoms with Crippen LogP contribution < -0.4 is 5.32 Å². The lowest BCUT2D eigenvalue weighted by atomic mass is 10.1. The highest BCUT2D eigenvalue weighted by atomic mass is 19.1. The highest BCUT2D eigenvalue weighted by Crippen LogP contribution is 2.18. The van der Waals surface area contributed by atoms with Crippen molar-refractivity contribution >= 4 is 5.69 Å². The van der Waals surface area contributed by atoms with E-state index in [1.807, 2.05) is 13.0 Å². The van der Waals surface area contributed by atoms with Gasteiger partial charge in [0.15, 0.2) is 0 Å². The number of nitriles is 1. The van der Waals surface area contributed by atoms with E-state index in [0.29, 0.717) is 17.7 Å². The van der Waals surface area contributed by atoms with Crippen LogP contribution >= 0.6 is 0 Å². The first-order chi connectivity index (χ1) is 9.60. The van der Waals surface area contributed by atoms with Gasteiger partial charge in [-0.15, -0.1) is 0 Å². The normalized spacial score (nSPS) is 11.7. The van der Waals surface area contributed by atoms with Crippen molar-refractivity contribution in [1.82, 2.24) is 0 Å². The zero-order valence-corrected chi connectivity index (χ0v) is 11.0. The van der Waals surface area contributed by atoms with Gasteiger partial charge in [0.2, 0.25) is 0 Å². The number of nitrogens with zero attached hydrogens (tertiary/aromatic N) is 1. The Balaban J connectivity index is 2.11. The van der Waals surface area contributed by atoms with Crippen LogP contribution in [-0.4, -0.2) is 6.04 Å². The molecule has 2 rings (SSSR count). The molecule has 0 fully saturated rings. The van der Waals surface area contributed by atoms with E-state index in [-0.39, 0.29) is 17.4 Å². The maximum Gasteiger partial charge on any atom is 0.126 e. The number of hydrogen-bond donors (Lipinski definition) is 1. The molecule has 4 heteroatoms.